The van der Waals surface area contributed by atoms with Crippen molar-refractivity contribution in [2.24, 2.45) is 0 Å². The number of hydrogen-bond acceptors (Lipinski definition) is 5. The normalized spacial score (nSPS) is 12.7. The van der Waals surface area contributed by atoms with Gasteiger partial charge in [-0.15, -0.1) is 0 Å². The van der Waals surface area contributed by atoms with Crippen molar-refractivity contribution >= 4 is 19.7 Å². The predicted molar refractivity (Wildman–Crippen MR) is 58.6 cm³/mol. The Morgan fingerprint density at radius 3 is 2.00 bits per heavy atom. The van der Waals surface area contributed by atoms with Crippen LogP contribution in [-0.2, 0) is 26.3 Å². The van der Waals surface area contributed by atoms with Gasteiger partial charge < -0.3 is 5.11 Å². The third-order valence-corrected chi connectivity index (χ3v) is 4.49. The Kier molecular flexibility index (Phi) is 3.41. The van der Waals surface area contributed by atoms with Crippen LogP contribution in [0, 0.1) is 0 Å². The monoisotopic (exact) mass is 264 g/mol. The van der Waals surface area contributed by atoms with Crippen molar-refractivity contribution in [3.63, 3.8) is 0 Å². The third-order valence-electron chi connectivity index (χ3n) is 2.00. The highest BCUT2D eigenvalue weighted by molar-refractivity contribution is 7.93. The second-order valence-electron chi connectivity index (χ2n) is 3.45. The molecule has 0 aliphatic carbocycles. The van der Waals surface area contributed by atoms with Crippen molar-refractivity contribution in [1.29, 1.82) is 0 Å². The van der Waals surface area contributed by atoms with Crippen molar-refractivity contribution < 1.29 is 21.9 Å². The first kappa shape index (κ1) is 13.1. The van der Waals surface area contributed by atoms with Crippen LogP contribution in [0.2, 0.25) is 0 Å². The molecule has 1 aromatic carbocycles. The summed E-state index contributed by atoms with van der Waals surface area (Å²) in [4.78, 5) is -0.596. The highest BCUT2D eigenvalue weighted by Crippen LogP contribution is 2.24. The average Bonchev–Trinajstić information content (AvgIpc) is 2.13. The lowest BCUT2D eigenvalue weighted by atomic mass is 10.2. The fourth-order valence-electron chi connectivity index (χ4n) is 1.40. The molecule has 0 saturated carbocycles. The van der Waals surface area contributed by atoms with Crippen molar-refractivity contribution in [2.45, 2.75) is 16.4 Å². The van der Waals surface area contributed by atoms with Crippen molar-refractivity contribution in [3.05, 3.63) is 23.8 Å². The Morgan fingerprint density at radius 1 is 1.06 bits per heavy atom. The largest absolute Gasteiger partial charge is 0.392 e. The maximum absolute atomic E-state index is 11.5. The summed E-state index contributed by atoms with van der Waals surface area (Å²) in [6, 6.07) is 3.99. The van der Waals surface area contributed by atoms with E-state index in [2.05, 4.69) is 0 Å². The fraction of sp³-hybridized carbons (Fsp3) is 0.333. The second-order valence-corrected chi connectivity index (χ2v) is 7.38. The minimum Gasteiger partial charge on any atom is -0.392 e. The molecule has 0 spiro atoms. The van der Waals surface area contributed by atoms with Crippen molar-refractivity contribution in [2.75, 3.05) is 12.5 Å². The van der Waals surface area contributed by atoms with Crippen molar-refractivity contribution in [1.82, 2.24) is 0 Å². The van der Waals surface area contributed by atoms with Gasteiger partial charge >= 0.3 is 0 Å². The van der Waals surface area contributed by atoms with E-state index < -0.39 is 26.3 Å². The van der Waals surface area contributed by atoms with Gasteiger partial charge in [0, 0.05) is 12.5 Å². The minimum atomic E-state index is -3.70. The molecular formula is C9H12O5S2. The summed E-state index contributed by atoms with van der Waals surface area (Å²) < 4.78 is 45.9. The maximum atomic E-state index is 11.5. The first-order valence-corrected chi connectivity index (χ1v) is 8.09. The molecule has 5 nitrogen and oxygen atoms in total. The van der Waals surface area contributed by atoms with Crippen LogP contribution in [0.4, 0.5) is 0 Å². The minimum absolute atomic E-state index is 0.0884. The van der Waals surface area contributed by atoms with E-state index in [4.69, 9.17) is 5.11 Å². The first-order chi connectivity index (χ1) is 7.18. The van der Waals surface area contributed by atoms with E-state index in [1.807, 2.05) is 0 Å². The zero-order valence-corrected chi connectivity index (χ0v) is 10.5. The summed E-state index contributed by atoms with van der Waals surface area (Å²) >= 11 is 0. The smallest absolute Gasteiger partial charge is 0.177 e. The molecular weight excluding hydrogens is 252 g/mol. The molecule has 0 atom stereocenters. The van der Waals surface area contributed by atoms with E-state index in [-0.39, 0.29) is 15.4 Å². The Hall–Kier alpha value is -0.920. The molecule has 0 heterocycles. The molecule has 90 valence electrons. The molecule has 16 heavy (non-hydrogen) atoms. The maximum Gasteiger partial charge on any atom is 0.177 e. The average molecular weight is 264 g/mol. The Labute approximate surface area is 94.6 Å². The summed E-state index contributed by atoms with van der Waals surface area (Å²) in [6.45, 7) is -0.522. The molecule has 0 amide bonds. The first-order valence-electron chi connectivity index (χ1n) is 4.31. The standard InChI is InChI=1S/C9H12O5S2/c1-15(11,12)8-5-3-4-7(6-10)9(8)16(2,13)14/h3-5,10H,6H2,1-2H3. The highest BCUT2D eigenvalue weighted by atomic mass is 32.2. The number of benzene rings is 1. The van der Waals surface area contributed by atoms with Crippen LogP contribution in [0.25, 0.3) is 0 Å². The van der Waals surface area contributed by atoms with Crippen LogP contribution in [0.15, 0.2) is 28.0 Å². The van der Waals surface area contributed by atoms with Gasteiger partial charge in [-0.05, 0) is 11.6 Å². The number of hydrogen-bond donors (Lipinski definition) is 1. The molecule has 1 N–H and O–H groups in total. The van der Waals surface area contributed by atoms with Gasteiger partial charge in [-0.25, -0.2) is 16.8 Å². The van der Waals surface area contributed by atoms with Gasteiger partial charge in [0.05, 0.1) is 16.4 Å². The molecule has 0 aliphatic rings. The zero-order valence-electron chi connectivity index (χ0n) is 8.84. The lowest BCUT2D eigenvalue weighted by molar-refractivity contribution is 0.278. The van der Waals surface area contributed by atoms with Gasteiger partial charge in [0.1, 0.15) is 0 Å². The van der Waals surface area contributed by atoms with Crippen molar-refractivity contribution in [3.8, 4) is 0 Å². The fourth-order valence-corrected chi connectivity index (χ4v) is 4.14. The van der Waals surface area contributed by atoms with E-state index in [0.29, 0.717) is 0 Å². The second kappa shape index (κ2) is 4.15. The molecule has 0 radical (unpaired) electrons. The molecule has 0 bridgehead atoms. The molecule has 1 rings (SSSR count). The summed E-state index contributed by atoms with van der Waals surface area (Å²) in [6.07, 6.45) is 1.84. The summed E-state index contributed by atoms with van der Waals surface area (Å²) in [5.41, 5.74) is 0.0884. The zero-order chi connectivity index (χ0) is 12.6. The molecule has 7 heteroatoms. The SMILES string of the molecule is CS(=O)(=O)c1cccc(CO)c1S(C)(=O)=O. The van der Waals surface area contributed by atoms with Gasteiger partial charge in [-0.2, -0.15) is 0 Å². The van der Waals surface area contributed by atoms with Gasteiger partial charge in [-0.1, -0.05) is 12.1 Å². The molecule has 1 aromatic rings. The van der Waals surface area contributed by atoms with Crippen LogP contribution in [0.3, 0.4) is 0 Å². The van der Waals surface area contributed by atoms with Gasteiger partial charge in [0.25, 0.3) is 0 Å². The molecule has 0 saturated heterocycles. The van der Waals surface area contributed by atoms with Crippen LogP contribution in [0.1, 0.15) is 5.56 Å². The Bertz CT molecular complexity index is 599. The number of sulfone groups is 2. The molecule has 0 aliphatic heterocycles. The summed E-state index contributed by atoms with van der Waals surface area (Å²) in [7, 11) is -7.34. The molecule has 0 fully saturated rings. The van der Waals surface area contributed by atoms with Gasteiger partial charge in [0.15, 0.2) is 19.7 Å². The van der Waals surface area contributed by atoms with Crippen LogP contribution >= 0.6 is 0 Å². The topological polar surface area (TPSA) is 88.5 Å². The van der Waals surface area contributed by atoms with E-state index in [1.165, 1.54) is 18.2 Å². The van der Waals surface area contributed by atoms with Crippen LogP contribution < -0.4 is 0 Å². The quantitative estimate of drug-likeness (QED) is 0.829. The lowest BCUT2D eigenvalue weighted by Gasteiger charge is -2.10. The Balaban J connectivity index is 3.79. The van der Waals surface area contributed by atoms with Crippen LogP contribution in [-0.4, -0.2) is 34.5 Å². The highest BCUT2D eigenvalue weighted by Gasteiger charge is 2.23. The summed E-state index contributed by atoms with van der Waals surface area (Å²) in [5.74, 6) is 0. The Morgan fingerprint density at radius 2 is 1.62 bits per heavy atom. The lowest BCUT2D eigenvalue weighted by Crippen LogP contribution is -2.10. The number of aliphatic hydroxyl groups excluding tert-OH is 1. The predicted octanol–water partition coefficient (Wildman–Crippen LogP) is -0.0141. The van der Waals surface area contributed by atoms with Gasteiger partial charge in [-0.3, -0.25) is 0 Å². The number of rotatable bonds is 3. The number of aliphatic hydroxyl groups is 1. The van der Waals surface area contributed by atoms with E-state index in [1.54, 1.807) is 0 Å². The molecule has 0 aromatic heterocycles. The molecule has 0 unspecified atom stereocenters. The summed E-state index contributed by atoms with van der Waals surface area (Å²) in [5, 5.41) is 9.01. The van der Waals surface area contributed by atoms with E-state index in [9.17, 15) is 16.8 Å². The third kappa shape index (κ3) is 2.60. The van der Waals surface area contributed by atoms with Crippen LogP contribution in [0.5, 0.6) is 0 Å². The van der Waals surface area contributed by atoms with E-state index in [0.717, 1.165) is 12.5 Å². The van der Waals surface area contributed by atoms with E-state index >= 15 is 0 Å². The van der Waals surface area contributed by atoms with Gasteiger partial charge in [0.2, 0.25) is 0 Å².